The molecule has 7 heteroatoms. The minimum Gasteiger partial charge on any atom is -0.493 e. The summed E-state index contributed by atoms with van der Waals surface area (Å²) in [5.74, 6) is 2.97. The molecule has 3 rings (SSSR count). The Morgan fingerprint density at radius 3 is 2.55 bits per heavy atom. The van der Waals surface area contributed by atoms with Crippen molar-refractivity contribution in [2.45, 2.75) is 13.5 Å². The number of imidazole rings is 2. The molecule has 0 aliphatic carbocycles. The predicted octanol–water partition coefficient (Wildman–Crippen LogP) is 2.23. The summed E-state index contributed by atoms with van der Waals surface area (Å²) >= 11 is 0. The van der Waals surface area contributed by atoms with Crippen molar-refractivity contribution in [1.82, 2.24) is 19.5 Å². The molecule has 116 valence electrons. The molecule has 3 aromatic rings. The van der Waals surface area contributed by atoms with E-state index in [1.165, 1.54) is 0 Å². The van der Waals surface area contributed by atoms with Gasteiger partial charge in [0.25, 0.3) is 0 Å². The Bertz CT molecular complexity index is 765. The van der Waals surface area contributed by atoms with E-state index < -0.39 is 0 Å². The summed E-state index contributed by atoms with van der Waals surface area (Å²) in [6.45, 7) is 2.57. The van der Waals surface area contributed by atoms with Gasteiger partial charge in [-0.2, -0.15) is 0 Å². The minimum atomic E-state index is 0.596. The first-order chi connectivity index (χ1) is 10.6. The number of rotatable bonds is 5. The Morgan fingerprint density at radius 2 is 1.91 bits per heavy atom. The predicted molar refractivity (Wildman–Crippen MR) is 84.5 cm³/mol. The van der Waals surface area contributed by atoms with Gasteiger partial charge in [-0.15, -0.1) is 0 Å². The van der Waals surface area contributed by atoms with Gasteiger partial charge in [-0.25, -0.2) is 9.97 Å². The Balaban J connectivity index is 1.84. The lowest BCUT2D eigenvalue weighted by atomic mass is 10.3. The number of anilines is 1. The summed E-state index contributed by atoms with van der Waals surface area (Å²) in [4.78, 5) is 12.2. The van der Waals surface area contributed by atoms with E-state index >= 15 is 0 Å². The lowest BCUT2D eigenvalue weighted by molar-refractivity contribution is 0.356. The van der Waals surface area contributed by atoms with E-state index in [-0.39, 0.29) is 0 Å². The molecule has 0 amide bonds. The van der Waals surface area contributed by atoms with Crippen molar-refractivity contribution in [1.29, 1.82) is 0 Å². The molecule has 0 unspecified atom stereocenters. The average molecular weight is 301 g/mol. The molecule has 22 heavy (non-hydrogen) atoms. The lowest BCUT2D eigenvalue weighted by Crippen LogP contribution is -2.06. The van der Waals surface area contributed by atoms with Gasteiger partial charge in [0.15, 0.2) is 11.5 Å². The number of hydrogen-bond donors (Lipinski definition) is 2. The molecule has 0 atom stereocenters. The average Bonchev–Trinajstić information content (AvgIpc) is 3.05. The molecule has 0 aliphatic heterocycles. The van der Waals surface area contributed by atoms with Crippen molar-refractivity contribution in [3.8, 4) is 11.5 Å². The summed E-state index contributed by atoms with van der Waals surface area (Å²) in [6.07, 6.45) is 1.99. The largest absolute Gasteiger partial charge is 0.493 e. The van der Waals surface area contributed by atoms with Crippen LogP contribution >= 0.6 is 0 Å². The zero-order chi connectivity index (χ0) is 15.7. The third-order valence-electron chi connectivity index (χ3n) is 3.49. The maximum Gasteiger partial charge on any atom is 0.201 e. The number of nitrogens with one attached hydrogen (secondary N) is 2. The number of hydrogen-bond acceptors (Lipinski definition) is 5. The van der Waals surface area contributed by atoms with Crippen LogP contribution in [-0.4, -0.2) is 33.7 Å². The van der Waals surface area contributed by atoms with Gasteiger partial charge in [-0.05, 0) is 6.92 Å². The number of aromatic nitrogens is 4. The van der Waals surface area contributed by atoms with E-state index in [0.29, 0.717) is 24.0 Å². The van der Waals surface area contributed by atoms with Gasteiger partial charge in [0.05, 0.1) is 37.5 Å². The Labute approximate surface area is 128 Å². The highest BCUT2D eigenvalue weighted by Gasteiger charge is 2.10. The van der Waals surface area contributed by atoms with Crippen LogP contribution in [0.4, 0.5) is 5.95 Å². The number of fused-ring (bicyclic) bond motifs is 1. The molecule has 0 aliphatic rings. The zero-order valence-electron chi connectivity index (χ0n) is 13.1. The van der Waals surface area contributed by atoms with Crippen molar-refractivity contribution in [2.75, 3.05) is 19.5 Å². The van der Waals surface area contributed by atoms with Crippen LogP contribution in [0.25, 0.3) is 11.0 Å². The highest BCUT2D eigenvalue weighted by Crippen LogP contribution is 2.31. The number of nitrogens with zero attached hydrogens (tertiary/aromatic N) is 3. The van der Waals surface area contributed by atoms with Gasteiger partial charge < -0.3 is 24.3 Å². The topological polar surface area (TPSA) is 77.0 Å². The molecule has 0 fully saturated rings. The van der Waals surface area contributed by atoms with Crippen LogP contribution in [0.15, 0.2) is 18.3 Å². The maximum atomic E-state index is 5.29. The summed E-state index contributed by atoms with van der Waals surface area (Å²) in [7, 11) is 5.20. The summed E-state index contributed by atoms with van der Waals surface area (Å²) in [5.41, 5.74) is 2.70. The van der Waals surface area contributed by atoms with E-state index in [0.717, 1.165) is 22.6 Å². The highest BCUT2D eigenvalue weighted by atomic mass is 16.5. The third kappa shape index (κ3) is 2.57. The van der Waals surface area contributed by atoms with E-state index in [4.69, 9.17) is 9.47 Å². The first kappa shape index (κ1) is 14.2. The zero-order valence-corrected chi connectivity index (χ0v) is 13.1. The first-order valence-electron chi connectivity index (χ1n) is 6.95. The van der Waals surface area contributed by atoms with Gasteiger partial charge in [0.1, 0.15) is 5.82 Å². The molecule has 0 saturated carbocycles. The van der Waals surface area contributed by atoms with Crippen molar-refractivity contribution in [3.63, 3.8) is 0 Å². The molecule has 0 spiro atoms. The molecule has 0 bridgehead atoms. The van der Waals surface area contributed by atoms with Crippen molar-refractivity contribution >= 4 is 17.0 Å². The minimum absolute atomic E-state index is 0.596. The third-order valence-corrected chi connectivity index (χ3v) is 3.49. The summed E-state index contributed by atoms with van der Waals surface area (Å²) in [6, 6.07) is 3.72. The molecule has 2 heterocycles. The molecule has 0 saturated heterocycles. The molecule has 1 aromatic carbocycles. The number of H-pyrrole nitrogens is 1. The van der Waals surface area contributed by atoms with Crippen molar-refractivity contribution in [2.24, 2.45) is 7.05 Å². The van der Waals surface area contributed by atoms with E-state index in [1.807, 2.05) is 36.9 Å². The Kier molecular flexibility index (Phi) is 3.62. The van der Waals surface area contributed by atoms with Gasteiger partial charge in [-0.3, -0.25) is 0 Å². The van der Waals surface area contributed by atoms with E-state index in [2.05, 4.69) is 20.3 Å². The van der Waals surface area contributed by atoms with Crippen LogP contribution in [0.2, 0.25) is 0 Å². The maximum absolute atomic E-state index is 5.29. The van der Waals surface area contributed by atoms with Crippen LogP contribution < -0.4 is 14.8 Å². The summed E-state index contributed by atoms with van der Waals surface area (Å²) in [5, 5.41) is 3.25. The van der Waals surface area contributed by atoms with Crippen molar-refractivity contribution in [3.05, 3.63) is 29.8 Å². The van der Waals surface area contributed by atoms with E-state index in [9.17, 15) is 0 Å². The van der Waals surface area contributed by atoms with Gasteiger partial charge in [0, 0.05) is 25.4 Å². The second kappa shape index (κ2) is 5.59. The van der Waals surface area contributed by atoms with Crippen LogP contribution in [-0.2, 0) is 13.6 Å². The number of aromatic amines is 1. The van der Waals surface area contributed by atoms with Crippen LogP contribution in [0.5, 0.6) is 11.5 Å². The fourth-order valence-electron chi connectivity index (χ4n) is 2.41. The second-order valence-corrected chi connectivity index (χ2v) is 5.07. The fraction of sp³-hybridized carbons (Fsp3) is 0.333. The molecule has 0 radical (unpaired) electrons. The normalized spacial score (nSPS) is 10.9. The molecular weight excluding hydrogens is 282 g/mol. The Morgan fingerprint density at radius 1 is 1.18 bits per heavy atom. The number of methoxy groups -OCH3 is 2. The van der Waals surface area contributed by atoms with Gasteiger partial charge >= 0.3 is 0 Å². The number of ether oxygens (including phenoxy) is 2. The SMILES string of the molecule is COc1cc2nc(NCc3nc(C)cn3C)[nH]c2cc1OC. The number of aryl methyl sites for hydroxylation is 2. The lowest BCUT2D eigenvalue weighted by Gasteiger charge is -2.06. The highest BCUT2D eigenvalue weighted by molar-refractivity contribution is 5.81. The molecule has 2 N–H and O–H groups in total. The van der Waals surface area contributed by atoms with Crippen LogP contribution in [0, 0.1) is 6.92 Å². The molecule has 2 aromatic heterocycles. The summed E-state index contributed by atoms with van der Waals surface area (Å²) < 4.78 is 12.6. The smallest absolute Gasteiger partial charge is 0.201 e. The standard InChI is InChI=1S/C15H19N5O2/c1-9-8-20(2)14(17-9)7-16-15-18-10-5-12(21-3)13(22-4)6-11(10)19-15/h5-6,8H,7H2,1-4H3,(H2,16,18,19). The molecular formula is C15H19N5O2. The fourth-order valence-corrected chi connectivity index (χ4v) is 2.41. The van der Waals surface area contributed by atoms with E-state index in [1.54, 1.807) is 14.2 Å². The quantitative estimate of drug-likeness (QED) is 0.755. The Hall–Kier alpha value is -2.70. The van der Waals surface area contributed by atoms with Crippen LogP contribution in [0.1, 0.15) is 11.5 Å². The number of benzene rings is 1. The monoisotopic (exact) mass is 301 g/mol. The van der Waals surface area contributed by atoms with Crippen LogP contribution in [0.3, 0.4) is 0 Å². The van der Waals surface area contributed by atoms with Gasteiger partial charge in [0.2, 0.25) is 5.95 Å². The molecule has 7 nitrogen and oxygen atoms in total. The van der Waals surface area contributed by atoms with Crippen molar-refractivity contribution < 1.29 is 9.47 Å². The first-order valence-corrected chi connectivity index (χ1v) is 6.95. The van der Waals surface area contributed by atoms with Gasteiger partial charge in [-0.1, -0.05) is 0 Å². The second-order valence-electron chi connectivity index (χ2n) is 5.07.